The highest BCUT2D eigenvalue weighted by Crippen LogP contribution is 2.33. The zero-order chi connectivity index (χ0) is 13.0. The van der Waals surface area contributed by atoms with Crippen LogP contribution in [0.3, 0.4) is 0 Å². The Bertz CT molecular complexity index is 166. The van der Waals surface area contributed by atoms with Gasteiger partial charge in [-0.1, -0.05) is 55.4 Å². The van der Waals surface area contributed by atoms with Crippen molar-refractivity contribution in [1.82, 2.24) is 0 Å². The number of hydrogen-bond acceptors (Lipinski definition) is 2. The van der Waals surface area contributed by atoms with Crippen molar-refractivity contribution in [1.29, 1.82) is 0 Å². The first-order chi connectivity index (χ1) is 7.01. The van der Waals surface area contributed by atoms with E-state index in [0.717, 1.165) is 11.8 Å². The van der Waals surface area contributed by atoms with Gasteiger partial charge in [0.25, 0.3) is 0 Å². The summed E-state index contributed by atoms with van der Waals surface area (Å²) in [6.45, 7) is 18.6. The minimum absolute atomic E-state index is 0.402. The van der Waals surface area contributed by atoms with Gasteiger partial charge in [-0.25, -0.2) is 0 Å². The third kappa shape index (κ3) is 9.89. The van der Waals surface area contributed by atoms with Gasteiger partial charge in [-0.2, -0.15) is 23.5 Å². The molecule has 0 heterocycles. The summed E-state index contributed by atoms with van der Waals surface area (Å²) < 4.78 is 0.805. The molecule has 0 aromatic rings. The van der Waals surface area contributed by atoms with Crippen LogP contribution in [-0.4, -0.2) is 21.0 Å². The highest BCUT2D eigenvalue weighted by atomic mass is 32.2. The maximum Gasteiger partial charge on any atom is 0.00752 e. The highest BCUT2D eigenvalue weighted by Gasteiger charge is 2.21. The van der Waals surface area contributed by atoms with Crippen LogP contribution in [-0.2, 0) is 0 Å². The first kappa shape index (κ1) is 16.7. The lowest BCUT2D eigenvalue weighted by atomic mass is 10.0. The van der Waals surface area contributed by atoms with E-state index in [1.54, 1.807) is 0 Å². The Labute approximate surface area is 112 Å². The molecule has 0 amide bonds. The predicted molar refractivity (Wildman–Crippen MR) is 82.8 cm³/mol. The lowest BCUT2D eigenvalue weighted by molar-refractivity contribution is 0.469. The second-order valence-electron chi connectivity index (χ2n) is 6.85. The van der Waals surface area contributed by atoms with Gasteiger partial charge in [-0.05, 0) is 23.3 Å². The van der Waals surface area contributed by atoms with Crippen LogP contribution in [0.1, 0.15) is 55.4 Å². The van der Waals surface area contributed by atoms with Crippen LogP contribution in [0, 0.1) is 11.8 Å². The smallest absolute Gasteiger partial charge is 0.00752 e. The second-order valence-corrected chi connectivity index (χ2v) is 10.5. The summed E-state index contributed by atoms with van der Waals surface area (Å²) in [4.78, 5) is 0. The van der Waals surface area contributed by atoms with Crippen LogP contribution in [0.2, 0.25) is 0 Å². The van der Waals surface area contributed by atoms with E-state index in [4.69, 9.17) is 0 Å². The number of thioether (sulfide) groups is 2. The minimum atomic E-state index is 0.402. The van der Waals surface area contributed by atoms with Crippen molar-refractivity contribution in [3.05, 3.63) is 0 Å². The van der Waals surface area contributed by atoms with E-state index in [9.17, 15) is 0 Å². The lowest BCUT2D eigenvalue weighted by Crippen LogP contribution is -2.21. The maximum atomic E-state index is 2.36. The van der Waals surface area contributed by atoms with Gasteiger partial charge < -0.3 is 0 Å². The van der Waals surface area contributed by atoms with Gasteiger partial charge in [0.2, 0.25) is 0 Å². The van der Waals surface area contributed by atoms with Crippen LogP contribution >= 0.6 is 23.5 Å². The van der Waals surface area contributed by atoms with Crippen LogP contribution in [0.25, 0.3) is 0 Å². The molecule has 0 rings (SSSR count). The molecular formula is C14H30S2. The molecule has 0 saturated heterocycles. The third-order valence-electron chi connectivity index (χ3n) is 2.40. The van der Waals surface area contributed by atoms with Gasteiger partial charge >= 0.3 is 0 Å². The van der Waals surface area contributed by atoms with Gasteiger partial charge in [-0.3, -0.25) is 0 Å². The fourth-order valence-corrected chi connectivity index (χ4v) is 3.73. The van der Waals surface area contributed by atoms with Gasteiger partial charge in [0.1, 0.15) is 0 Å². The molecule has 0 nitrogen and oxygen atoms in total. The molecule has 0 radical (unpaired) electrons. The second kappa shape index (κ2) is 6.58. The molecule has 0 aromatic carbocycles. The Morgan fingerprint density at radius 2 is 1.06 bits per heavy atom. The summed E-state index contributed by atoms with van der Waals surface area (Å²) in [5.41, 5.74) is 0. The molecule has 0 aliphatic heterocycles. The van der Waals surface area contributed by atoms with E-state index >= 15 is 0 Å². The molecule has 0 aliphatic carbocycles. The molecule has 0 aliphatic rings. The quantitative estimate of drug-likeness (QED) is 0.657. The predicted octanol–water partition coefficient (Wildman–Crippen LogP) is 5.32. The average molecular weight is 263 g/mol. The maximum absolute atomic E-state index is 2.36. The summed E-state index contributed by atoms with van der Waals surface area (Å²) >= 11 is 4.21. The SMILES string of the molecule is CC(C)C(CSC(C)(C)C)CSC(C)(C)C. The first-order valence-electron chi connectivity index (χ1n) is 6.29. The van der Waals surface area contributed by atoms with E-state index in [2.05, 4.69) is 78.9 Å². The lowest BCUT2D eigenvalue weighted by Gasteiger charge is -2.28. The summed E-state index contributed by atoms with van der Waals surface area (Å²) in [6.07, 6.45) is 0. The Kier molecular flexibility index (Phi) is 6.87. The number of hydrogen-bond donors (Lipinski definition) is 0. The van der Waals surface area contributed by atoms with Crippen LogP contribution in [0.4, 0.5) is 0 Å². The Morgan fingerprint density at radius 3 is 1.25 bits per heavy atom. The summed E-state index contributed by atoms with van der Waals surface area (Å²) in [5.74, 6) is 4.23. The van der Waals surface area contributed by atoms with Gasteiger partial charge in [-0.15, -0.1) is 0 Å². The van der Waals surface area contributed by atoms with E-state index in [1.807, 2.05) is 0 Å². The zero-order valence-corrected chi connectivity index (χ0v) is 14.0. The van der Waals surface area contributed by atoms with Gasteiger partial charge in [0.15, 0.2) is 0 Å². The Hall–Kier alpha value is 0.700. The largest absolute Gasteiger partial charge is 0.156 e. The number of rotatable bonds is 5. The normalized spacial score (nSPS) is 13.9. The molecule has 0 N–H and O–H groups in total. The van der Waals surface area contributed by atoms with Crippen molar-refractivity contribution in [3.8, 4) is 0 Å². The van der Waals surface area contributed by atoms with Crippen molar-refractivity contribution < 1.29 is 0 Å². The van der Waals surface area contributed by atoms with Gasteiger partial charge in [0.05, 0.1) is 0 Å². The molecule has 98 valence electrons. The molecular weight excluding hydrogens is 232 g/mol. The van der Waals surface area contributed by atoms with Gasteiger partial charge in [0, 0.05) is 9.49 Å². The fraction of sp³-hybridized carbons (Fsp3) is 1.00. The fourth-order valence-electron chi connectivity index (χ4n) is 1.15. The molecule has 0 bridgehead atoms. The summed E-state index contributed by atoms with van der Waals surface area (Å²) in [5, 5.41) is 0. The molecule has 16 heavy (non-hydrogen) atoms. The summed E-state index contributed by atoms with van der Waals surface area (Å²) in [6, 6.07) is 0. The van der Waals surface area contributed by atoms with Crippen LogP contribution < -0.4 is 0 Å². The Morgan fingerprint density at radius 1 is 0.750 bits per heavy atom. The van der Waals surface area contributed by atoms with Crippen LogP contribution in [0.15, 0.2) is 0 Å². The topological polar surface area (TPSA) is 0 Å². The summed E-state index contributed by atoms with van der Waals surface area (Å²) in [7, 11) is 0. The van der Waals surface area contributed by atoms with Crippen LogP contribution in [0.5, 0.6) is 0 Å². The molecule has 2 heteroatoms. The zero-order valence-electron chi connectivity index (χ0n) is 12.4. The molecule has 0 spiro atoms. The standard InChI is InChI=1S/C14H30S2/c1-11(2)12(9-15-13(3,4)5)10-16-14(6,7)8/h11-12H,9-10H2,1-8H3. The molecule has 0 fully saturated rings. The van der Waals surface area contributed by atoms with Crippen molar-refractivity contribution in [2.45, 2.75) is 64.9 Å². The average Bonchev–Trinajstić information content (AvgIpc) is 1.98. The molecule has 0 unspecified atom stereocenters. The molecule has 0 aromatic heterocycles. The minimum Gasteiger partial charge on any atom is -0.156 e. The van der Waals surface area contributed by atoms with Crippen molar-refractivity contribution in [2.24, 2.45) is 11.8 Å². The van der Waals surface area contributed by atoms with Crippen molar-refractivity contribution in [3.63, 3.8) is 0 Å². The monoisotopic (exact) mass is 262 g/mol. The van der Waals surface area contributed by atoms with Crippen molar-refractivity contribution >= 4 is 23.5 Å². The van der Waals surface area contributed by atoms with E-state index < -0.39 is 0 Å². The van der Waals surface area contributed by atoms with E-state index in [-0.39, 0.29) is 0 Å². The Balaban J connectivity index is 4.09. The molecule has 0 saturated carbocycles. The van der Waals surface area contributed by atoms with Crippen molar-refractivity contribution in [2.75, 3.05) is 11.5 Å². The van der Waals surface area contributed by atoms with E-state index in [1.165, 1.54) is 11.5 Å². The molecule has 0 atom stereocenters. The third-order valence-corrected chi connectivity index (χ3v) is 5.33. The highest BCUT2D eigenvalue weighted by molar-refractivity contribution is 8.01. The first-order valence-corrected chi connectivity index (χ1v) is 8.26. The van der Waals surface area contributed by atoms with E-state index in [0.29, 0.717) is 9.49 Å².